The highest BCUT2D eigenvalue weighted by Gasteiger charge is 2.32. The first-order valence-corrected chi connectivity index (χ1v) is 9.85. The molecule has 0 radical (unpaired) electrons. The zero-order valence-electron chi connectivity index (χ0n) is 16.9. The van der Waals surface area contributed by atoms with Crippen LogP contribution in [0, 0.1) is 18.3 Å². The lowest BCUT2D eigenvalue weighted by atomic mass is 9.81. The Morgan fingerprint density at radius 1 is 1.33 bits per heavy atom. The van der Waals surface area contributed by atoms with E-state index in [2.05, 4.69) is 25.4 Å². The number of thiazole rings is 1. The summed E-state index contributed by atoms with van der Waals surface area (Å²) in [6.07, 6.45) is 2.49. The van der Waals surface area contributed by atoms with Crippen LogP contribution < -0.4 is 5.32 Å². The molecule has 158 valence electrons. The average molecular weight is 431 g/mol. The van der Waals surface area contributed by atoms with Gasteiger partial charge in [0.2, 0.25) is 5.82 Å². The van der Waals surface area contributed by atoms with E-state index in [1.807, 2.05) is 6.07 Å². The van der Waals surface area contributed by atoms with E-state index in [1.165, 1.54) is 0 Å². The van der Waals surface area contributed by atoms with Crippen LogP contribution in [0.4, 0.5) is 9.93 Å². The number of rotatable bonds is 6. The molecule has 0 saturated heterocycles. The summed E-state index contributed by atoms with van der Waals surface area (Å²) in [7, 11) is 0. The first kappa shape index (κ1) is 21.4. The summed E-state index contributed by atoms with van der Waals surface area (Å²) < 4.78 is 10.4. The lowest BCUT2D eigenvalue weighted by Crippen LogP contribution is -2.34. The second-order valence-corrected chi connectivity index (χ2v) is 8.58. The zero-order chi connectivity index (χ0) is 21.9. The highest BCUT2D eigenvalue weighted by Crippen LogP contribution is 2.33. The van der Waals surface area contributed by atoms with Gasteiger partial charge in [-0.1, -0.05) is 37.3 Å². The number of hydrogen-bond donors (Lipinski definition) is 2. The van der Waals surface area contributed by atoms with Gasteiger partial charge in [-0.3, -0.25) is 15.1 Å². The Bertz CT molecular complexity index is 1040. The van der Waals surface area contributed by atoms with Gasteiger partial charge in [-0.05, 0) is 24.5 Å². The van der Waals surface area contributed by atoms with Crippen molar-refractivity contribution >= 4 is 28.5 Å². The molecule has 2 N–H and O–H groups in total. The number of aryl methyl sites for hydroxylation is 1. The third-order valence-corrected chi connectivity index (χ3v) is 5.33. The molecule has 3 aromatic rings. The first-order valence-electron chi connectivity index (χ1n) is 9.03. The molecule has 0 aliphatic heterocycles. The van der Waals surface area contributed by atoms with E-state index in [4.69, 9.17) is 9.26 Å². The van der Waals surface area contributed by atoms with Gasteiger partial charge in [0.25, 0.3) is 5.89 Å². The van der Waals surface area contributed by atoms with Crippen LogP contribution in [0.25, 0.3) is 22.2 Å². The molecule has 0 aromatic carbocycles. The van der Waals surface area contributed by atoms with Gasteiger partial charge in [0.1, 0.15) is 11.5 Å². The normalized spacial score (nSPS) is 12.4. The van der Waals surface area contributed by atoms with E-state index in [0.717, 1.165) is 11.3 Å². The quantitative estimate of drug-likeness (QED) is 0.595. The van der Waals surface area contributed by atoms with Crippen LogP contribution in [0.2, 0.25) is 0 Å². The number of amides is 1. The minimum Gasteiger partial charge on any atom is -0.481 e. The molecule has 1 atom stereocenters. The maximum Gasteiger partial charge on any atom is 0.413 e. The topological polar surface area (TPSA) is 140 Å². The Balaban J connectivity index is 1.67. The fourth-order valence-corrected chi connectivity index (χ4v) is 3.42. The number of anilines is 1. The summed E-state index contributed by atoms with van der Waals surface area (Å²) in [5.74, 6) is -1.20. The van der Waals surface area contributed by atoms with Gasteiger partial charge in [-0.25, -0.2) is 9.78 Å². The van der Waals surface area contributed by atoms with Gasteiger partial charge >= 0.3 is 12.1 Å². The average Bonchev–Trinajstić information content (AvgIpc) is 3.28. The van der Waals surface area contributed by atoms with Crippen molar-refractivity contribution in [1.29, 1.82) is 0 Å². The minimum atomic E-state index is -1.02. The number of carbonyl (C=O) groups is 2. The van der Waals surface area contributed by atoms with Crippen molar-refractivity contribution in [3.63, 3.8) is 0 Å². The standard InChI is InChI=1S/C19H21N5O5S/c1-10-13(15-22-14(24-29-15)11-6-5-7-20-8-11)30-17(21-10)23-18(27)28-9-12(16(25)26)19(2,3)4/h5-8,12H,9H2,1-4H3,(H,25,26)(H,21,23,27). The number of hydrogen-bond acceptors (Lipinski definition) is 9. The SMILES string of the molecule is Cc1nc(NC(=O)OCC(C(=O)O)C(C)(C)C)sc1-c1nc(-c2cccnc2)no1. The largest absolute Gasteiger partial charge is 0.481 e. The summed E-state index contributed by atoms with van der Waals surface area (Å²) >= 11 is 1.14. The Hall–Kier alpha value is -3.34. The number of nitrogens with zero attached hydrogens (tertiary/aromatic N) is 4. The monoisotopic (exact) mass is 431 g/mol. The molecule has 0 spiro atoms. The number of carboxylic acid groups (broad SMARTS) is 1. The molecule has 1 unspecified atom stereocenters. The molecule has 3 heterocycles. The fraction of sp³-hybridized carbons (Fsp3) is 0.368. The van der Waals surface area contributed by atoms with E-state index in [-0.39, 0.29) is 17.6 Å². The van der Waals surface area contributed by atoms with E-state index in [9.17, 15) is 14.7 Å². The van der Waals surface area contributed by atoms with Crippen molar-refractivity contribution < 1.29 is 24.0 Å². The van der Waals surface area contributed by atoms with E-state index in [1.54, 1.807) is 46.2 Å². The third-order valence-electron chi connectivity index (χ3n) is 4.27. The molecule has 11 heteroatoms. The van der Waals surface area contributed by atoms with Crippen LogP contribution in [-0.4, -0.2) is 43.9 Å². The third kappa shape index (κ3) is 4.98. The number of ether oxygens (including phenoxy) is 1. The molecule has 0 fully saturated rings. The Morgan fingerprint density at radius 3 is 2.73 bits per heavy atom. The Morgan fingerprint density at radius 2 is 2.10 bits per heavy atom. The number of pyridine rings is 1. The molecular weight excluding hydrogens is 410 g/mol. The summed E-state index contributed by atoms with van der Waals surface area (Å²) in [6.45, 7) is 6.81. The summed E-state index contributed by atoms with van der Waals surface area (Å²) in [4.78, 5) is 36.7. The molecule has 0 aliphatic carbocycles. The summed E-state index contributed by atoms with van der Waals surface area (Å²) in [5, 5.41) is 16.0. The van der Waals surface area contributed by atoms with Crippen LogP contribution in [-0.2, 0) is 9.53 Å². The van der Waals surface area contributed by atoms with Crippen molar-refractivity contribution in [2.45, 2.75) is 27.7 Å². The van der Waals surface area contributed by atoms with E-state index < -0.39 is 23.4 Å². The van der Waals surface area contributed by atoms with Crippen molar-refractivity contribution in [3.05, 3.63) is 30.2 Å². The second-order valence-electron chi connectivity index (χ2n) is 7.58. The highest BCUT2D eigenvalue weighted by molar-refractivity contribution is 7.19. The molecule has 1 amide bonds. The minimum absolute atomic E-state index is 0.250. The predicted molar refractivity (Wildman–Crippen MR) is 109 cm³/mol. The van der Waals surface area contributed by atoms with E-state index >= 15 is 0 Å². The highest BCUT2D eigenvalue weighted by atomic mass is 32.1. The maximum absolute atomic E-state index is 12.1. The molecule has 10 nitrogen and oxygen atoms in total. The molecule has 0 aliphatic rings. The van der Waals surface area contributed by atoms with Gasteiger partial charge in [-0.2, -0.15) is 4.98 Å². The van der Waals surface area contributed by atoms with Crippen LogP contribution in [0.1, 0.15) is 26.5 Å². The number of carbonyl (C=O) groups excluding carboxylic acids is 1. The van der Waals surface area contributed by atoms with Crippen LogP contribution in [0.3, 0.4) is 0 Å². The van der Waals surface area contributed by atoms with Gasteiger partial charge in [-0.15, -0.1) is 0 Å². The lowest BCUT2D eigenvalue weighted by Gasteiger charge is -2.26. The maximum atomic E-state index is 12.1. The van der Waals surface area contributed by atoms with Crippen molar-refractivity contribution in [1.82, 2.24) is 20.1 Å². The molecule has 0 bridgehead atoms. The first-order chi connectivity index (χ1) is 14.1. The number of nitrogens with one attached hydrogen (secondary N) is 1. The van der Waals surface area contributed by atoms with Crippen molar-refractivity contribution in [3.8, 4) is 22.2 Å². The van der Waals surface area contributed by atoms with Gasteiger partial charge in [0, 0.05) is 18.0 Å². The van der Waals surface area contributed by atoms with Crippen LogP contribution in [0.15, 0.2) is 29.0 Å². The summed E-state index contributed by atoms with van der Waals surface area (Å²) in [5.41, 5.74) is 0.749. The predicted octanol–water partition coefficient (Wildman–Crippen LogP) is 3.86. The molecular formula is C19H21N5O5S. The van der Waals surface area contributed by atoms with Crippen molar-refractivity contribution in [2.24, 2.45) is 11.3 Å². The smallest absolute Gasteiger partial charge is 0.413 e. The van der Waals surface area contributed by atoms with Gasteiger partial charge < -0.3 is 14.4 Å². The van der Waals surface area contributed by atoms with Crippen molar-refractivity contribution in [2.75, 3.05) is 11.9 Å². The molecule has 0 saturated carbocycles. The van der Waals surface area contributed by atoms with Gasteiger partial charge in [0.05, 0.1) is 11.6 Å². The number of carboxylic acids is 1. The number of aromatic nitrogens is 4. The summed E-state index contributed by atoms with van der Waals surface area (Å²) in [6, 6.07) is 3.58. The Kier molecular flexibility index (Phi) is 6.11. The second kappa shape index (κ2) is 8.57. The lowest BCUT2D eigenvalue weighted by molar-refractivity contribution is -0.147. The Labute approximate surface area is 176 Å². The number of aliphatic carboxylic acids is 1. The molecule has 3 aromatic heterocycles. The molecule has 30 heavy (non-hydrogen) atoms. The van der Waals surface area contributed by atoms with Gasteiger partial charge in [0.15, 0.2) is 5.13 Å². The fourth-order valence-electron chi connectivity index (χ4n) is 2.55. The van der Waals surface area contributed by atoms with Crippen LogP contribution >= 0.6 is 11.3 Å². The van der Waals surface area contributed by atoms with Crippen LogP contribution in [0.5, 0.6) is 0 Å². The molecule has 3 rings (SSSR count). The zero-order valence-corrected chi connectivity index (χ0v) is 17.7. The van der Waals surface area contributed by atoms with E-state index in [0.29, 0.717) is 22.0 Å².